The summed E-state index contributed by atoms with van der Waals surface area (Å²) < 4.78 is 11.1. The predicted octanol–water partition coefficient (Wildman–Crippen LogP) is 1.23. The molecule has 19 heavy (non-hydrogen) atoms. The van der Waals surface area contributed by atoms with E-state index in [0.29, 0.717) is 41.7 Å². The second-order valence-electron chi connectivity index (χ2n) is 4.40. The molecule has 1 aromatic heterocycles. The fraction of sp³-hybridized carbons (Fsp3) is 0.308. The number of benzene rings is 1. The summed E-state index contributed by atoms with van der Waals surface area (Å²) >= 11 is 0. The molecule has 1 aliphatic heterocycles. The third-order valence-corrected chi connectivity index (χ3v) is 3.08. The van der Waals surface area contributed by atoms with E-state index in [1.165, 1.54) is 6.20 Å². The Hall–Kier alpha value is -2.21. The molecule has 1 atom stereocenters. The topological polar surface area (TPSA) is 93.4 Å². The molecule has 0 saturated heterocycles. The molecule has 0 fully saturated rings. The van der Waals surface area contributed by atoms with E-state index >= 15 is 0 Å². The molecule has 2 heterocycles. The molecule has 2 aromatic rings. The van der Waals surface area contributed by atoms with Crippen molar-refractivity contribution in [3.63, 3.8) is 0 Å². The van der Waals surface area contributed by atoms with Crippen LogP contribution in [0.4, 0.5) is 5.82 Å². The SMILES string of the molecule is Nc1[nH]ncc1C(O)c1ccc2c(c1)OCCCO2. The van der Waals surface area contributed by atoms with Crippen LogP contribution in [0.2, 0.25) is 0 Å². The largest absolute Gasteiger partial charge is 0.490 e. The van der Waals surface area contributed by atoms with Crippen molar-refractivity contribution in [1.82, 2.24) is 10.2 Å². The number of nitrogens with one attached hydrogen (secondary N) is 1. The van der Waals surface area contributed by atoms with Gasteiger partial charge in [0.1, 0.15) is 11.9 Å². The molecule has 100 valence electrons. The Labute approximate surface area is 110 Å². The lowest BCUT2D eigenvalue weighted by atomic mass is 10.0. The van der Waals surface area contributed by atoms with Gasteiger partial charge in [-0.05, 0) is 17.7 Å². The standard InChI is InChI=1S/C13H15N3O3/c14-13-9(7-15-16-13)12(17)8-2-3-10-11(6-8)19-5-1-4-18-10/h2-3,6-7,12,17H,1,4-5H2,(H3,14,15,16). The quantitative estimate of drug-likeness (QED) is 0.756. The van der Waals surface area contributed by atoms with Crippen LogP contribution in [0.25, 0.3) is 0 Å². The Morgan fingerprint density at radius 2 is 2.05 bits per heavy atom. The van der Waals surface area contributed by atoms with Gasteiger partial charge in [0.15, 0.2) is 11.5 Å². The summed E-state index contributed by atoms with van der Waals surface area (Å²) in [7, 11) is 0. The summed E-state index contributed by atoms with van der Waals surface area (Å²) in [4.78, 5) is 0. The summed E-state index contributed by atoms with van der Waals surface area (Å²) in [5.74, 6) is 1.71. The summed E-state index contributed by atoms with van der Waals surface area (Å²) in [5, 5.41) is 16.7. The van der Waals surface area contributed by atoms with Gasteiger partial charge in [0, 0.05) is 12.0 Å². The molecule has 3 rings (SSSR count). The number of aromatic amines is 1. The number of aromatic nitrogens is 2. The van der Waals surface area contributed by atoms with Crippen molar-refractivity contribution in [3.8, 4) is 11.5 Å². The van der Waals surface area contributed by atoms with E-state index in [4.69, 9.17) is 15.2 Å². The smallest absolute Gasteiger partial charge is 0.161 e. The highest BCUT2D eigenvalue weighted by Gasteiger charge is 2.18. The molecule has 0 amide bonds. The Morgan fingerprint density at radius 3 is 2.79 bits per heavy atom. The number of nitrogen functional groups attached to an aromatic ring is 1. The van der Waals surface area contributed by atoms with E-state index < -0.39 is 6.10 Å². The Bertz CT molecular complexity index is 582. The number of nitrogens with zero attached hydrogens (tertiary/aromatic N) is 1. The van der Waals surface area contributed by atoms with Gasteiger partial charge < -0.3 is 20.3 Å². The molecular weight excluding hydrogens is 246 g/mol. The summed E-state index contributed by atoms with van der Waals surface area (Å²) in [6.45, 7) is 1.25. The van der Waals surface area contributed by atoms with Gasteiger partial charge in [-0.15, -0.1) is 0 Å². The minimum Gasteiger partial charge on any atom is -0.490 e. The molecule has 4 N–H and O–H groups in total. The Kier molecular flexibility index (Phi) is 3.00. The van der Waals surface area contributed by atoms with Gasteiger partial charge in [-0.1, -0.05) is 6.07 Å². The van der Waals surface area contributed by atoms with Crippen molar-refractivity contribution >= 4 is 5.82 Å². The van der Waals surface area contributed by atoms with Crippen molar-refractivity contribution in [2.24, 2.45) is 0 Å². The van der Waals surface area contributed by atoms with Crippen molar-refractivity contribution in [2.45, 2.75) is 12.5 Å². The van der Waals surface area contributed by atoms with Gasteiger partial charge in [-0.2, -0.15) is 5.10 Å². The number of fused-ring (bicyclic) bond motifs is 1. The molecule has 1 aromatic carbocycles. The second kappa shape index (κ2) is 4.81. The van der Waals surface area contributed by atoms with Crippen LogP contribution in [0.3, 0.4) is 0 Å². The zero-order valence-corrected chi connectivity index (χ0v) is 10.3. The first kappa shape index (κ1) is 11.9. The number of rotatable bonds is 2. The lowest BCUT2D eigenvalue weighted by Gasteiger charge is -2.13. The van der Waals surface area contributed by atoms with E-state index in [2.05, 4.69) is 10.2 Å². The summed E-state index contributed by atoms with van der Waals surface area (Å²) in [6, 6.07) is 5.37. The van der Waals surface area contributed by atoms with Crippen LogP contribution in [0.1, 0.15) is 23.7 Å². The first-order valence-corrected chi connectivity index (χ1v) is 6.12. The van der Waals surface area contributed by atoms with Crippen LogP contribution in [0.15, 0.2) is 24.4 Å². The van der Waals surface area contributed by atoms with Crippen molar-refractivity contribution < 1.29 is 14.6 Å². The summed E-state index contributed by atoms with van der Waals surface area (Å²) in [6.07, 6.45) is 1.53. The molecule has 0 saturated carbocycles. The molecule has 0 bridgehead atoms. The Balaban J connectivity index is 1.93. The molecule has 6 heteroatoms. The first-order valence-electron chi connectivity index (χ1n) is 6.12. The number of anilines is 1. The molecule has 1 aliphatic rings. The van der Waals surface area contributed by atoms with E-state index in [1.54, 1.807) is 18.2 Å². The average Bonchev–Trinajstić information content (AvgIpc) is 2.72. The predicted molar refractivity (Wildman–Crippen MR) is 69.1 cm³/mol. The highest BCUT2D eigenvalue weighted by atomic mass is 16.5. The van der Waals surface area contributed by atoms with Crippen molar-refractivity contribution in [2.75, 3.05) is 18.9 Å². The molecule has 0 spiro atoms. The third kappa shape index (κ3) is 2.22. The maximum Gasteiger partial charge on any atom is 0.161 e. The van der Waals surface area contributed by atoms with Gasteiger partial charge in [0.2, 0.25) is 0 Å². The number of ether oxygens (including phenoxy) is 2. The van der Waals surface area contributed by atoms with E-state index in [1.807, 2.05) is 0 Å². The fourth-order valence-corrected chi connectivity index (χ4v) is 2.05. The number of hydrogen-bond acceptors (Lipinski definition) is 5. The minimum atomic E-state index is -0.837. The number of H-pyrrole nitrogens is 1. The zero-order valence-electron chi connectivity index (χ0n) is 10.3. The van der Waals surface area contributed by atoms with Gasteiger partial charge in [0.05, 0.1) is 19.4 Å². The minimum absolute atomic E-state index is 0.361. The maximum absolute atomic E-state index is 10.3. The average molecular weight is 261 g/mol. The molecule has 0 radical (unpaired) electrons. The van der Waals surface area contributed by atoms with Gasteiger partial charge >= 0.3 is 0 Å². The molecule has 0 aliphatic carbocycles. The number of aliphatic hydroxyl groups is 1. The van der Waals surface area contributed by atoms with E-state index in [9.17, 15) is 5.11 Å². The van der Waals surface area contributed by atoms with E-state index in [-0.39, 0.29) is 0 Å². The van der Waals surface area contributed by atoms with Gasteiger partial charge in [-0.3, -0.25) is 5.10 Å². The van der Waals surface area contributed by atoms with Gasteiger partial charge in [-0.25, -0.2) is 0 Å². The number of nitrogens with two attached hydrogens (primary N) is 1. The summed E-state index contributed by atoms with van der Waals surface area (Å²) in [5.41, 5.74) is 6.95. The van der Waals surface area contributed by atoms with Crippen LogP contribution in [0.5, 0.6) is 11.5 Å². The molecular formula is C13H15N3O3. The van der Waals surface area contributed by atoms with Gasteiger partial charge in [0.25, 0.3) is 0 Å². The monoisotopic (exact) mass is 261 g/mol. The Morgan fingerprint density at radius 1 is 1.26 bits per heavy atom. The highest BCUT2D eigenvalue weighted by molar-refractivity contribution is 5.48. The van der Waals surface area contributed by atoms with Crippen LogP contribution < -0.4 is 15.2 Å². The third-order valence-electron chi connectivity index (χ3n) is 3.08. The zero-order chi connectivity index (χ0) is 13.2. The lowest BCUT2D eigenvalue weighted by molar-refractivity contribution is 0.220. The maximum atomic E-state index is 10.3. The number of aliphatic hydroxyl groups excluding tert-OH is 1. The van der Waals surface area contributed by atoms with E-state index in [0.717, 1.165) is 6.42 Å². The van der Waals surface area contributed by atoms with Crippen LogP contribution in [0, 0.1) is 0 Å². The van der Waals surface area contributed by atoms with Crippen molar-refractivity contribution in [1.29, 1.82) is 0 Å². The normalized spacial score (nSPS) is 15.8. The fourth-order valence-electron chi connectivity index (χ4n) is 2.05. The molecule has 1 unspecified atom stereocenters. The number of hydrogen-bond donors (Lipinski definition) is 3. The van der Waals surface area contributed by atoms with Crippen LogP contribution >= 0.6 is 0 Å². The van der Waals surface area contributed by atoms with Crippen molar-refractivity contribution in [3.05, 3.63) is 35.5 Å². The first-order chi connectivity index (χ1) is 9.25. The lowest BCUT2D eigenvalue weighted by Crippen LogP contribution is -2.03. The van der Waals surface area contributed by atoms with Crippen LogP contribution in [-0.4, -0.2) is 28.5 Å². The highest BCUT2D eigenvalue weighted by Crippen LogP contribution is 2.34. The van der Waals surface area contributed by atoms with Crippen LogP contribution in [-0.2, 0) is 0 Å². The molecule has 6 nitrogen and oxygen atoms in total. The second-order valence-corrected chi connectivity index (χ2v) is 4.40.